The SMILES string of the molecule is COc1cc(O)c(C2CCCCC2)cc1CC(c1cc(C2CCCCC2)c(O)cc1C)c1cc(C2CCCCC2)c(O)cc1C. The molecule has 4 nitrogen and oxygen atoms in total. The lowest BCUT2D eigenvalue weighted by atomic mass is 9.75. The number of aromatic hydroxyl groups is 3. The number of rotatable bonds is 8. The van der Waals surface area contributed by atoms with Gasteiger partial charge >= 0.3 is 0 Å². The van der Waals surface area contributed by atoms with Gasteiger partial charge in [-0.2, -0.15) is 0 Å². The zero-order valence-electron chi connectivity index (χ0n) is 27.8. The molecule has 3 N–H and O–H groups in total. The van der Waals surface area contributed by atoms with Crippen molar-refractivity contribution in [3.05, 3.63) is 80.9 Å². The Balaban J connectivity index is 1.50. The van der Waals surface area contributed by atoms with Crippen LogP contribution in [-0.2, 0) is 6.42 Å². The summed E-state index contributed by atoms with van der Waals surface area (Å²) in [7, 11) is 1.70. The number of ether oxygens (including phenoxy) is 1. The van der Waals surface area contributed by atoms with Crippen LogP contribution in [0.25, 0.3) is 0 Å². The largest absolute Gasteiger partial charge is 0.508 e. The van der Waals surface area contributed by atoms with Gasteiger partial charge in [0.25, 0.3) is 0 Å². The van der Waals surface area contributed by atoms with Crippen molar-refractivity contribution in [2.75, 3.05) is 7.11 Å². The number of hydrogen-bond acceptors (Lipinski definition) is 4. The van der Waals surface area contributed by atoms with Gasteiger partial charge in [0.2, 0.25) is 0 Å². The molecule has 0 aliphatic heterocycles. The van der Waals surface area contributed by atoms with Gasteiger partial charge in [0.15, 0.2) is 0 Å². The molecule has 3 aromatic rings. The predicted octanol–water partition coefficient (Wildman–Crippen LogP) is 10.9. The van der Waals surface area contributed by atoms with E-state index in [1.807, 2.05) is 18.2 Å². The van der Waals surface area contributed by atoms with Crippen molar-refractivity contribution in [1.29, 1.82) is 0 Å². The Hall–Kier alpha value is -3.14. The molecule has 242 valence electrons. The van der Waals surface area contributed by atoms with Crippen LogP contribution < -0.4 is 4.74 Å². The molecule has 0 aromatic heterocycles. The molecule has 6 rings (SSSR count). The van der Waals surface area contributed by atoms with Crippen molar-refractivity contribution in [2.24, 2.45) is 0 Å². The van der Waals surface area contributed by atoms with Crippen LogP contribution in [0.3, 0.4) is 0 Å². The Morgan fingerprint density at radius 2 is 0.933 bits per heavy atom. The van der Waals surface area contributed by atoms with E-state index in [0.717, 1.165) is 77.7 Å². The van der Waals surface area contributed by atoms with Crippen molar-refractivity contribution < 1.29 is 20.1 Å². The predicted molar refractivity (Wildman–Crippen MR) is 183 cm³/mol. The molecular formula is C41H54O4. The summed E-state index contributed by atoms with van der Waals surface area (Å²) in [6.07, 6.45) is 18.6. The van der Waals surface area contributed by atoms with E-state index in [2.05, 4.69) is 32.0 Å². The third-order valence-electron chi connectivity index (χ3n) is 11.6. The second kappa shape index (κ2) is 14.1. The van der Waals surface area contributed by atoms with Gasteiger partial charge in [-0.15, -0.1) is 0 Å². The topological polar surface area (TPSA) is 69.9 Å². The van der Waals surface area contributed by atoms with Crippen molar-refractivity contribution in [1.82, 2.24) is 0 Å². The maximum Gasteiger partial charge on any atom is 0.125 e. The van der Waals surface area contributed by atoms with Gasteiger partial charge in [-0.3, -0.25) is 0 Å². The average molecular weight is 611 g/mol. The minimum Gasteiger partial charge on any atom is -0.508 e. The Kier molecular flexibility index (Phi) is 9.97. The first kappa shape index (κ1) is 31.8. The minimum absolute atomic E-state index is 0.00790. The summed E-state index contributed by atoms with van der Waals surface area (Å²) in [6, 6.07) is 12.7. The fourth-order valence-electron chi connectivity index (χ4n) is 9.02. The van der Waals surface area contributed by atoms with Crippen molar-refractivity contribution in [3.63, 3.8) is 0 Å². The van der Waals surface area contributed by atoms with Gasteiger partial charge in [-0.05, 0) is 139 Å². The summed E-state index contributed by atoms with van der Waals surface area (Å²) >= 11 is 0. The quantitative estimate of drug-likeness (QED) is 0.237. The standard InChI is InChI=1S/C41H54O4/c1-26-19-38(42)35(29-15-9-5-10-16-29)23-32(26)37(33-24-36(39(43)20-27(33)2)30-17-11-6-12-18-30)22-31-21-34(28-13-7-4-8-14-28)40(44)25-41(31)45-3/h19-21,23-25,28-30,37,42-44H,4-18,22H2,1-3H3. The van der Waals surface area contributed by atoms with Crippen molar-refractivity contribution in [2.45, 2.75) is 140 Å². The fourth-order valence-corrected chi connectivity index (χ4v) is 9.02. The maximum atomic E-state index is 11.2. The van der Waals surface area contributed by atoms with Gasteiger partial charge < -0.3 is 20.1 Å². The van der Waals surface area contributed by atoms with Crippen LogP contribution in [-0.4, -0.2) is 22.4 Å². The van der Waals surface area contributed by atoms with Crippen molar-refractivity contribution >= 4 is 0 Å². The molecule has 4 heteroatoms. The normalized spacial score (nSPS) is 18.8. The lowest BCUT2D eigenvalue weighted by Crippen LogP contribution is -2.14. The molecule has 0 heterocycles. The number of benzene rings is 3. The zero-order valence-corrected chi connectivity index (χ0v) is 27.8. The summed E-state index contributed by atoms with van der Waals surface area (Å²) in [5, 5.41) is 33.6. The van der Waals surface area contributed by atoms with Crippen molar-refractivity contribution in [3.8, 4) is 23.0 Å². The van der Waals surface area contributed by atoms with Crippen LogP contribution in [0.5, 0.6) is 23.0 Å². The van der Waals surface area contributed by atoms with Gasteiger partial charge in [-0.25, -0.2) is 0 Å². The summed E-state index contributed by atoms with van der Waals surface area (Å²) in [5.74, 6) is 3.09. The third-order valence-corrected chi connectivity index (χ3v) is 11.6. The molecule has 3 aliphatic carbocycles. The molecule has 45 heavy (non-hydrogen) atoms. The van der Waals surface area contributed by atoms with Crippen LogP contribution in [0.4, 0.5) is 0 Å². The zero-order chi connectivity index (χ0) is 31.5. The van der Waals surface area contributed by atoms with E-state index in [1.54, 1.807) is 7.11 Å². The third kappa shape index (κ3) is 6.86. The van der Waals surface area contributed by atoms with Gasteiger partial charge in [0, 0.05) is 12.0 Å². The molecule has 0 unspecified atom stereocenters. The van der Waals surface area contributed by atoms with Crippen LogP contribution in [0.15, 0.2) is 36.4 Å². The number of hydrogen-bond donors (Lipinski definition) is 3. The highest BCUT2D eigenvalue weighted by molar-refractivity contribution is 5.54. The molecule has 0 saturated heterocycles. The van der Waals surface area contributed by atoms with Gasteiger partial charge in [-0.1, -0.05) is 69.9 Å². The molecule has 3 aliphatic rings. The lowest BCUT2D eigenvalue weighted by Gasteiger charge is -2.30. The lowest BCUT2D eigenvalue weighted by molar-refractivity contribution is 0.391. The second-order valence-corrected chi connectivity index (χ2v) is 14.5. The first-order valence-corrected chi connectivity index (χ1v) is 17.9. The molecule has 3 saturated carbocycles. The molecule has 0 spiro atoms. The van der Waals surface area contributed by atoms with Crippen LogP contribution in [0.1, 0.15) is 164 Å². The van der Waals surface area contributed by atoms with E-state index in [4.69, 9.17) is 4.74 Å². The summed E-state index contributed by atoms with van der Waals surface area (Å²) in [4.78, 5) is 0. The summed E-state index contributed by atoms with van der Waals surface area (Å²) in [6.45, 7) is 4.26. The molecular weight excluding hydrogens is 556 g/mol. The second-order valence-electron chi connectivity index (χ2n) is 14.5. The van der Waals surface area contributed by atoms with Gasteiger partial charge in [0.05, 0.1) is 7.11 Å². The van der Waals surface area contributed by atoms with Crippen LogP contribution in [0.2, 0.25) is 0 Å². The first-order valence-electron chi connectivity index (χ1n) is 17.9. The molecule has 0 radical (unpaired) electrons. The highest BCUT2D eigenvalue weighted by atomic mass is 16.5. The Morgan fingerprint density at radius 1 is 0.556 bits per heavy atom. The fraction of sp³-hybridized carbons (Fsp3) is 0.561. The molecule has 0 bridgehead atoms. The molecule has 3 aromatic carbocycles. The highest BCUT2D eigenvalue weighted by Crippen LogP contribution is 2.47. The first-order chi connectivity index (χ1) is 21.8. The summed E-state index contributed by atoms with van der Waals surface area (Å²) in [5.41, 5.74) is 9.01. The number of aryl methyl sites for hydroxylation is 2. The number of phenolic OH excluding ortho intramolecular Hbond substituents is 3. The Labute approximate surface area is 270 Å². The molecule has 0 atom stereocenters. The van der Waals surface area contributed by atoms with E-state index < -0.39 is 0 Å². The minimum atomic E-state index is 0.00790. The molecule has 0 amide bonds. The van der Waals surface area contributed by atoms with E-state index in [1.165, 1.54) is 68.9 Å². The average Bonchev–Trinajstić information content (AvgIpc) is 3.06. The summed E-state index contributed by atoms with van der Waals surface area (Å²) < 4.78 is 5.94. The Morgan fingerprint density at radius 3 is 1.33 bits per heavy atom. The monoisotopic (exact) mass is 610 g/mol. The number of phenols is 3. The molecule has 3 fully saturated rings. The highest BCUT2D eigenvalue weighted by Gasteiger charge is 2.29. The maximum absolute atomic E-state index is 11.2. The van der Waals surface area contributed by atoms with Gasteiger partial charge in [0.1, 0.15) is 23.0 Å². The smallest absolute Gasteiger partial charge is 0.125 e. The van der Waals surface area contributed by atoms with E-state index >= 15 is 0 Å². The Bertz CT molecular complexity index is 1400. The van der Waals surface area contributed by atoms with E-state index in [0.29, 0.717) is 41.4 Å². The van der Waals surface area contributed by atoms with Crippen LogP contribution in [0, 0.1) is 13.8 Å². The number of methoxy groups -OCH3 is 1. The van der Waals surface area contributed by atoms with E-state index in [-0.39, 0.29) is 5.92 Å². The van der Waals surface area contributed by atoms with Crippen LogP contribution >= 0.6 is 0 Å². The van der Waals surface area contributed by atoms with E-state index in [9.17, 15) is 15.3 Å².